The normalized spacial score (nSPS) is 14.4. The van der Waals surface area contributed by atoms with Crippen LogP contribution in [0.3, 0.4) is 0 Å². The van der Waals surface area contributed by atoms with E-state index >= 15 is 0 Å². The van der Waals surface area contributed by atoms with Gasteiger partial charge in [-0.2, -0.15) is 4.31 Å². The molecule has 0 radical (unpaired) electrons. The summed E-state index contributed by atoms with van der Waals surface area (Å²) in [6.07, 6.45) is 1.46. The molecule has 8 heteroatoms. The van der Waals surface area contributed by atoms with Crippen LogP contribution in [0.2, 0.25) is 0 Å². The molecular weight excluding hydrogens is 402 g/mol. The smallest absolute Gasteiger partial charge is 0.251 e. The van der Waals surface area contributed by atoms with Crippen molar-refractivity contribution < 1.29 is 18.0 Å². The number of carbonyl (C=O) groups excluding carboxylic acids is 2. The molecule has 1 N–H and O–H groups in total. The van der Waals surface area contributed by atoms with Gasteiger partial charge in [0.15, 0.2) is 0 Å². The van der Waals surface area contributed by atoms with Crippen LogP contribution in [0.15, 0.2) is 53.4 Å². The second kappa shape index (κ2) is 9.40. The number of aryl methyl sites for hydroxylation is 1. The third-order valence-corrected chi connectivity index (χ3v) is 7.01. The van der Waals surface area contributed by atoms with Crippen molar-refractivity contribution in [3.63, 3.8) is 0 Å². The minimum absolute atomic E-state index is 0.137. The third kappa shape index (κ3) is 5.25. The van der Waals surface area contributed by atoms with E-state index in [0.717, 1.165) is 24.1 Å². The van der Waals surface area contributed by atoms with E-state index in [9.17, 15) is 18.0 Å². The molecule has 7 nitrogen and oxygen atoms in total. The zero-order valence-electron chi connectivity index (χ0n) is 17.3. The molecule has 0 bridgehead atoms. The summed E-state index contributed by atoms with van der Waals surface area (Å²) in [5.74, 6) is -0.0767. The minimum Gasteiger partial charge on any atom is -0.350 e. The highest BCUT2D eigenvalue weighted by molar-refractivity contribution is 7.89. The van der Waals surface area contributed by atoms with Crippen molar-refractivity contribution in [2.24, 2.45) is 0 Å². The number of hydrogen-bond donors (Lipinski definition) is 1. The lowest BCUT2D eigenvalue weighted by Gasteiger charge is -2.18. The van der Waals surface area contributed by atoms with E-state index in [0.29, 0.717) is 25.1 Å². The first kappa shape index (κ1) is 22.0. The maximum Gasteiger partial charge on any atom is 0.251 e. The number of carbonyl (C=O) groups is 2. The maximum atomic E-state index is 12.7. The number of rotatable bonds is 8. The van der Waals surface area contributed by atoms with Crippen LogP contribution >= 0.6 is 0 Å². The van der Waals surface area contributed by atoms with Gasteiger partial charge < -0.3 is 10.2 Å². The fraction of sp³-hybridized carbons (Fsp3) is 0.364. The number of benzene rings is 2. The topological polar surface area (TPSA) is 86.8 Å². The second-order valence-corrected chi connectivity index (χ2v) is 9.56. The third-order valence-electron chi connectivity index (χ3n) is 5.19. The number of sulfonamides is 1. The van der Waals surface area contributed by atoms with E-state index in [1.165, 1.54) is 11.4 Å². The van der Waals surface area contributed by atoms with Crippen LogP contribution in [0.1, 0.15) is 34.3 Å². The quantitative estimate of drug-likeness (QED) is 0.697. The Balaban J connectivity index is 1.55. The summed E-state index contributed by atoms with van der Waals surface area (Å²) in [5, 5.41) is 2.82. The Morgan fingerprint density at radius 2 is 1.77 bits per heavy atom. The molecular formula is C22H27N3O4S. The Kier molecular flexibility index (Phi) is 6.89. The van der Waals surface area contributed by atoms with Crippen LogP contribution in [0.5, 0.6) is 0 Å². The van der Waals surface area contributed by atoms with Crippen LogP contribution in [-0.2, 0) is 21.4 Å². The minimum atomic E-state index is -3.58. The molecule has 2 aromatic rings. The van der Waals surface area contributed by atoms with Crippen molar-refractivity contribution in [1.29, 1.82) is 0 Å². The number of amides is 2. The van der Waals surface area contributed by atoms with E-state index in [-0.39, 0.29) is 23.3 Å². The van der Waals surface area contributed by atoms with E-state index in [4.69, 9.17) is 0 Å². The molecule has 1 aliphatic rings. The van der Waals surface area contributed by atoms with Crippen LogP contribution in [0, 0.1) is 6.92 Å². The molecule has 0 atom stereocenters. The molecule has 0 saturated carbocycles. The van der Waals surface area contributed by atoms with Gasteiger partial charge in [-0.15, -0.1) is 0 Å². The van der Waals surface area contributed by atoms with Gasteiger partial charge in [-0.05, 0) is 43.2 Å². The summed E-state index contributed by atoms with van der Waals surface area (Å²) in [6, 6.07) is 13.6. The molecule has 0 aliphatic carbocycles. The highest BCUT2D eigenvalue weighted by Gasteiger charge is 2.21. The number of nitrogens with zero attached hydrogens (tertiary/aromatic N) is 2. The Hall–Kier alpha value is -2.71. The van der Waals surface area contributed by atoms with E-state index in [1.807, 2.05) is 6.92 Å². The predicted molar refractivity (Wildman–Crippen MR) is 114 cm³/mol. The van der Waals surface area contributed by atoms with Gasteiger partial charge in [0.05, 0.1) is 4.90 Å². The lowest BCUT2D eigenvalue weighted by atomic mass is 10.1. The van der Waals surface area contributed by atoms with Gasteiger partial charge in [0.2, 0.25) is 15.9 Å². The molecule has 1 saturated heterocycles. The van der Waals surface area contributed by atoms with E-state index in [2.05, 4.69) is 5.32 Å². The van der Waals surface area contributed by atoms with Gasteiger partial charge in [-0.1, -0.05) is 29.8 Å². The lowest BCUT2D eigenvalue weighted by molar-refractivity contribution is -0.127. The fourth-order valence-corrected chi connectivity index (χ4v) is 4.50. The van der Waals surface area contributed by atoms with Crippen molar-refractivity contribution in [2.75, 3.05) is 26.7 Å². The zero-order chi connectivity index (χ0) is 21.7. The highest BCUT2D eigenvalue weighted by atomic mass is 32.2. The molecule has 0 aromatic heterocycles. The van der Waals surface area contributed by atoms with Crippen molar-refractivity contribution in [2.45, 2.75) is 31.2 Å². The lowest BCUT2D eigenvalue weighted by Crippen LogP contribution is -2.35. The van der Waals surface area contributed by atoms with Crippen molar-refractivity contribution in [1.82, 2.24) is 14.5 Å². The summed E-state index contributed by atoms with van der Waals surface area (Å²) in [5.41, 5.74) is 2.28. The molecule has 160 valence electrons. The molecule has 1 fully saturated rings. The van der Waals surface area contributed by atoms with Crippen LogP contribution in [-0.4, -0.2) is 56.1 Å². The molecule has 2 aromatic carbocycles. The highest BCUT2D eigenvalue weighted by Crippen LogP contribution is 2.17. The molecule has 0 unspecified atom stereocenters. The van der Waals surface area contributed by atoms with E-state index in [1.54, 1.807) is 53.4 Å². The summed E-state index contributed by atoms with van der Waals surface area (Å²) in [6.45, 7) is 3.79. The standard InChI is InChI=1S/C22H27N3O4S/c1-17-5-11-20(12-6-17)30(28,29)24(2)16-18-7-9-19(10-8-18)22(27)23-13-15-25-14-3-4-21(25)26/h5-12H,3-4,13-16H2,1-2H3,(H,23,27). The van der Waals surface area contributed by atoms with Crippen molar-refractivity contribution in [3.05, 3.63) is 65.2 Å². The zero-order valence-corrected chi connectivity index (χ0v) is 18.1. The Bertz CT molecular complexity index is 1000. The van der Waals surface area contributed by atoms with Crippen molar-refractivity contribution in [3.8, 4) is 0 Å². The average molecular weight is 430 g/mol. The first-order valence-electron chi connectivity index (χ1n) is 9.95. The first-order chi connectivity index (χ1) is 14.3. The maximum absolute atomic E-state index is 12.7. The van der Waals surface area contributed by atoms with Crippen LogP contribution in [0.25, 0.3) is 0 Å². The van der Waals surface area contributed by atoms with Crippen molar-refractivity contribution >= 4 is 21.8 Å². The molecule has 1 aliphatic heterocycles. The monoisotopic (exact) mass is 429 g/mol. The van der Waals surface area contributed by atoms with Gasteiger partial charge in [0.25, 0.3) is 5.91 Å². The first-order valence-corrected chi connectivity index (χ1v) is 11.4. The molecule has 30 heavy (non-hydrogen) atoms. The Morgan fingerprint density at radius 1 is 1.10 bits per heavy atom. The average Bonchev–Trinajstić information content (AvgIpc) is 3.13. The van der Waals surface area contributed by atoms with Gasteiger partial charge in [0, 0.05) is 45.2 Å². The Labute approximate surface area is 177 Å². The van der Waals surface area contributed by atoms with Gasteiger partial charge in [0.1, 0.15) is 0 Å². The molecule has 1 heterocycles. The van der Waals surface area contributed by atoms with Gasteiger partial charge in [-0.3, -0.25) is 9.59 Å². The number of likely N-dealkylation sites (tertiary alicyclic amines) is 1. The van der Waals surface area contributed by atoms with Gasteiger partial charge in [-0.25, -0.2) is 8.42 Å². The van der Waals surface area contributed by atoms with Crippen LogP contribution in [0.4, 0.5) is 0 Å². The Morgan fingerprint density at radius 3 is 2.37 bits per heavy atom. The molecule has 2 amide bonds. The number of nitrogens with one attached hydrogen (secondary N) is 1. The number of hydrogen-bond acceptors (Lipinski definition) is 4. The van der Waals surface area contributed by atoms with Crippen LogP contribution < -0.4 is 5.32 Å². The van der Waals surface area contributed by atoms with E-state index < -0.39 is 10.0 Å². The fourth-order valence-electron chi connectivity index (χ4n) is 3.34. The van der Waals surface area contributed by atoms with Gasteiger partial charge >= 0.3 is 0 Å². The summed E-state index contributed by atoms with van der Waals surface area (Å²) < 4.78 is 26.7. The predicted octanol–water partition coefficient (Wildman–Crippen LogP) is 2.17. The second-order valence-electron chi connectivity index (χ2n) is 7.51. The summed E-state index contributed by atoms with van der Waals surface area (Å²) >= 11 is 0. The summed E-state index contributed by atoms with van der Waals surface area (Å²) in [7, 11) is -2.05. The SMILES string of the molecule is Cc1ccc(S(=O)(=O)N(C)Cc2ccc(C(=O)NCCN3CCCC3=O)cc2)cc1. The molecule has 0 spiro atoms. The largest absolute Gasteiger partial charge is 0.350 e. The molecule has 3 rings (SSSR count). The summed E-state index contributed by atoms with van der Waals surface area (Å²) in [4.78, 5) is 25.9.